The molecule has 0 amide bonds. The third-order valence-corrected chi connectivity index (χ3v) is 6.72. The van der Waals surface area contributed by atoms with Gasteiger partial charge in [-0.2, -0.15) is 18.3 Å². The van der Waals surface area contributed by atoms with Crippen LogP contribution in [0.15, 0.2) is 66.9 Å². The van der Waals surface area contributed by atoms with Crippen LogP contribution in [0, 0.1) is 5.82 Å². The standard InChI is InChI=1S/C27H23F4N3O3/c1-25(21-12-18(28)9-10-24(21)36-2)15-26(37-25,27(29,30)31)16-32-22-7-4-8-23-20(22)13-33-34(23)19-6-3-5-17(11-19)14-35/h3-14,32H,15-16H2,1-2H3. The van der Waals surface area contributed by atoms with Gasteiger partial charge in [0.15, 0.2) is 5.60 Å². The van der Waals surface area contributed by atoms with Crippen LogP contribution in [-0.4, -0.2) is 41.5 Å². The molecule has 2 atom stereocenters. The van der Waals surface area contributed by atoms with Crippen LogP contribution in [-0.2, 0) is 10.3 Å². The van der Waals surface area contributed by atoms with Crippen LogP contribution in [0.2, 0.25) is 0 Å². The Kier molecular flexibility index (Phi) is 5.94. The van der Waals surface area contributed by atoms with Crippen molar-refractivity contribution in [2.75, 3.05) is 19.0 Å². The lowest BCUT2D eigenvalue weighted by Crippen LogP contribution is -2.67. The molecule has 1 aliphatic rings. The molecule has 37 heavy (non-hydrogen) atoms. The molecule has 5 rings (SSSR count). The van der Waals surface area contributed by atoms with Gasteiger partial charge in [0, 0.05) is 28.6 Å². The van der Waals surface area contributed by atoms with Gasteiger partial charge in [-0.05, 0) is 49.4 Å². The summed E-state index contributed by atoms with van der Waals surface area (Å²) >= 11 is 0. The Hall–Kier alpha value is -3.92. The highest BCUT2D eigenvalue weighted by atomic mass is 19.4. The van der Waals surface area contributed by atoms with Crippen LogP contribution in [0.5, 0.6) is 5.75 Å². The molecule has 1 fully saturated rings. The quantitative estimate of drug-likeness (QED) is 0.241. The van der Waals surface area contributed by atoms with Crippen molar-refractivity contribution in [3.8, 4) is 11.4 Å². The lowest BCUT2D eigenvalue weighted by Gasteiger charge is -2.55. The van der Waals surface area contributed by atoms with Crippen LogP contribution >= 0.6 is 0 Å². The summed E-state index contributed by atoms with van der Waals surface area (Å²) in [6.45, 7) is 0.932. The lowest BCUT2D eigenvalue weighted by atomic mass is 9.75. The van der Waals surface area contributed by atoms with Gasteiger partial charge in [-0.3, -0.25) is 4.79 Å². The van der Waals surface area contributed by atoms with E-state index in [1.807, 2.05) is 0 Å². The predicted molar refractivity (Wildman–Crippen MR) is 130 cm³/mol. The SMILES string of the molecule is COc1ccc(F)cc1C1(C)CC(CNc2cccc3c2cnn3-c2cccc(C=O)c2)(C(F)(F)F)O1. The summed E-state index contributed by atoms with van der Waals surface area (Å²) in [5, 5.41) is 7.87. The number of methoxy groups -OCH3 is 1. The predicted octanol–water partition coefficient (Wildman–Crippen LogP) is 6.03. The van der Waals surface area contributed by atoms with Crippen molar-refractivity contribution in [3.63, 3.8) is 0 Å². The second kappa shape index (κ2) is 8.88. The van der Waals surface area contributed by atoms with Crippen molar-refractivity contribution in [2.24, 2.45) is 0 Å². The van der Waals surface area contributed by atoms with Gasteiger partial charge in [0.1, 0.15) is 17.9 Å². The van der Waals surface area contributed by atoms with Crippen LogP contribution in [0.25, 0.3) is 16.6 Å². The number of nitrogens with zero attached hydrogens (tertiary/aromatic N) is 2. The van der Waals surface area contributed by atoms with Crippen molar-refractivity contribution in [3.05, 3.63) is 83.8 Å². The first-order chi connectivity index (χ1) is 17.6. The first-order valence-corrected chi connectivity index (χ1v) is 11.5. The highest BCUT2D eigenvalue weighted by molar-refractivity contribution is 5.92. The summed E-state index contributed by atoms with van der Waals surface area (Å²) in [4.78, 5) is 11.2. The summed E-state index contributed by atoms with van der Waals surface area (Å²) in [5.74, 6) is -0.339. The number of nitrogens with one attached hydrogen (secondary N) is 1. The number of anilines is 1. The Balaban J connectivity index is 1.43. The molecule has 0 aliphatic carbocycles. The minimum absolute atomic E-state index is 0.218. The molecule has 1 aliphatic heterocycles. The van der Waals surface area contributed by atoms with Gasteiger partial charge in [0.25, 0.3) is 0 Å². The van der Waals surface area contributed by atoms with Gasteiger partial charge < -0.3 is 14.8 Å². The van der Waals surface area contributed by atoms with Gasteiger partial charge in [-0.1, -0.05) is 18.2 Å². The third-order valence-electron chi connectivity index (χ3n) is 6.72. The van der Waals surface area contributed by atoms with Crippen molar-refractivity contribution in [1.82, 2.24) is 9.78 Å². The third kappa shape index (κ3) is 4.21. The second-order valence-corrected chi connectivity index (χ2v) is 9.21. The number of hydrogen-bond acceptors (Lipinski definition) is 5. The maximum atomic E-state index is 14.3. The average Bonchev–Trinajstić information content (AvgIpc) is 3.30. The van der Waals surface area contributed by atoms with E-state index in [0.717, 1.165) is 12.4 Å². The van der Waals surface area contributed by atoms with Crippen LogP contribution in [0.3, 0.4) is 0 Å². The maximum Gasteiger partial charge on any atom is 0.419 e. The molecule has 0 radical (unpaired) electrons. The van der Waals surface area contributed by atoms with Crippen LogP contribution < -0.4 is 10.1 Å². The fourth-order valence-electron chi connectivity index (χ4n) is 4.95. The van der Waals surface area contributed by atoms with E-state index in [0.29, 0.717) is 27.8 Å². The van der Waals surface area contributed by atoms with Crippen LogP contribution in [0.1, 0.15) is 29.3 Å². The Morgan fingerprint density at radius 2 is 1.92 bits per heavy atom. The molecular weight excluding hydrogens is 490 g/mol. The summed E-state index contributed by atoms with van der Waals surface area (Å²) in [7, 11) is 1.37. The zero-order chi connectivity index (χ0) is 26.4. The van der Waals surface area contributed by atoms with Gasteiger partial charge in [-0.15, -0.1) is 0 Å². The highest BCUT2D eigenvalue weighted by Crippen LogP contribution is 2.57. The molecule has 1 saturated heterocycles. The van der Waals surface area contributed by atoms with Crippen molar-refractivity contribution >= 4 is 22.9 Å². The molecule has 192 valence electrons. The van der Waals surface area contributed by atoms with Crippen LogP contribution in [0.4, 0.5) is 23.2 Å². The van der Waals surface area contributed by atoms with E-state index >= 15 is 0 Å². The molecule has 2 heterocycles. The number of alkyl halides is 3. The fourth-order valence-corrected chi connectivity index (χ4v) is 4.95. The molecule has 0 spiro atoms. The molecule has 0 saturated carbocycles. The van der Waals surface area contributed by atoms with E-state index in [4.69, 9.17) is 9.47 Å². The number of aromatic nitrogens is 2. The summed E-state index contributed by atoms with van der Waals surface area (Å²) < 4.78 is 69.2. The Bertz CT molecular complexity index is 1480. The molecule has 1 N–H and O–H groups in total. The van der Waals surface area contributed by atoms with E-state index in [-0.39, 0.29) is 11.3 Å². The van der Waals surface area contributed by atoms with E-state index in [9.17, 15) is 22.4 Å². The number of fused-ring (bicyclic) bond motifs is 1. The normalized spacial score (nSPS) is 21.5. The largest absolute Gasteiger partial charge is 0.496 e. The smallest absolute Gasteiger partial charge is 0.419 e. The van der Waals surface area contributed by atoms with E-state index in [1.165, 1.54) is 26.2 Å². The fraction of sp³-hybridized carbons (Fsp3) is 0.259. The Morgan fingerprint density at radius 1 is 1.16 bits per heavy atom. The van der Waals surface area contributed by atoms with Gasteiger partial charge in [-0.25, -0.2) is 9.07 Å². The molecule has 6 nitrogen and oxygen atoms in total. The number of halogens is 4. The minimum Gasteiger partial charge on any atom is -0.496 e. The average molecular weight is 513 g/mol. The van der Waals surface area contributed by atoms with Gasteiger partial charge in [0.2, 0.25) is 0 Å². The Labute approximate surface area is 209 Å². The summed E-state index contributed by atoms with van der Waals surface area (Å²) in [6, 6.07) is 15.7. The van der Waals surface area contributed by atoms with Crippen molar-refractivity contribution in [1.29, 1.82) is 0 Å². The number of hydrogen-bond donors (Lipinski definition) is 1. The number of ether oxygens (including phenoxy) is 2. The van der Waals surface area contributed by atoms with Gasteiger partial charge in [0.05, 0.1) is 36.7 Å². The number of carbonyl (C=O) groups is 1. The molecule has 0 bridgehead atoms. The van der Waals surface area contributed by atoms with E-state index in [1.54, 1.807) is 53.3 Å². The zero-order valence-electron chi connectivity index (χ0n) is 20.0. The van der Waals surface area contributed by atoms with Crippen molar-refractivity contribution in [2.45, 2.75) is 30.7 Å². The number of carbonyl (C=O) groups excluding carboxylic acids is 1. The molecule has 4 aromatic rings. The zero-order valence-corrected chi connectivity index (χ0v) is 20.0. The van der Waals surface area contributed by atoms with Gasteiger partial charge >= 0.3 is 6.18 Å². The Morgan fingerprint density at radius 3 is 2.62 bits per heavy atom. The molecule has 1 aromatic heterocycles. The minimum atomic E-state index is -4.69. The lowest BCUT2D eigenvalue weighted by molar-refractivity contribution is -0.380. The summed E-state index contributed by atoms with van der Waals surface area (Å²) in [6.07, 6.45) is -2.84. The topological polar surface area (TPSA) is 65.4 Å². The van der Waals surface area contributed by atoms with Crippen molar-refractivity contribution < 1.29 is 31.8 Å². The second-order valence-electron chi connectivity index (χ2n) is 9.21. The number of rotatable bonds is 7. The molecule has 3 aromatic carbocycles. The highest BCUT2D eigenvalue weighted by Gasteiger charge is 2.68. The van der Waals surface area contributed by atoms with E-state index in [2.05, 4.69) is 10.4 Å². The molecule has 2 unspecified atom stereocenters. The first kappa shape index (κ1) is 24.8. The summed E-state index contributed by atoms with van der Waals surface area (Å²) in [5.41, 5.74) is -1.44. The molecule has 10 heteroatoms. The maximum absolute atomic E-state index is 14.3. The van der Waals surface area contributed by atoms with E-state index < -0.39 is 36.2 Å². The monoisotopic (exact) mass is 513 g/mol. The first-order valence-electron chi connectivity index (χ1n) is 11.5. The number of aldehydes is 1. The molecular formula is C27H23F4N3O3. The number of benzene rings is 3.